The van der Waals surface area contributed by atoms with E-state index in [4.69, 9.17) is 5.73 Å². The van der Waals surface area contributed by atoms with Crippen molar-refractivity contribution >= 4 is 39.9 Å². The molecule has 0 bridgehead atoms. The van der Waals surface area contributed by atoms with Crippen molar-refractivity contribution in [3.8, 4) is 11.3 Å². The number of rotatable bonds is 5. The number of aromatic nitrogens is 3. The second-order valence-electron chi connectivity index (χ2n) is 10.6. The third kappa shape index (κ3) is 4.00. The van der Waals surface area contributed by atoms with Gasteiger partial charge in [0.25, 0.3) is 5.91 Å². The van der Waals surface area contributed by atoms with Crippen molar-refractivity contribution in [2.45, 2.75) is 45.1 Å². The zero-order valence-corrected chi connectivity index (χ0v) is 21.3. The number of allylic oxidation sites excluding steroid dienone is 2. The lowest BCUT2D eigenvalue weighted by Gasteiger charge is -2.27. The number of anilines is 2. The Morgan fingerprint density at radius 3 is 2.57 bits per heavy atom. The van der Waals surface area contributed by atoms with Gasteiger partial charge in [-0.1, -0.05) is 24.8 Å². The molecule has 3 aliphatic rings. The average molecular weight is 497 g/mol. The van der Waals surface area contributed by atoms with Crippen LogP contribution in [-0.2, 0) is 16.6 Å². The van der Waals surface area contributed by atoms with Crippen LogP contribution < -0.4 is 11.1 Å². The topological polar surface area (TPSA) is 106 Å². The number of nitrogens with zero attached hydrogens (tertiary/aromatic N) is 4. The Morgan fingerprint density at radius 2 is 1.95 bits per heavy atom. The molecule has 6 rings (SSSR count). The third-order valence-corrected chi connectivity index (χ3v) is 8.19. The lowest BCUT2D eigenvalue weighted by molar-refractivity contribution is -0.135. The molecule has 0 radical (unpaired) electrons. The number of likely N-dealkylation sites (tertiary alicyclic amines) is 1. The van der Waals surface area contributed by atoms with Crippen LogP contribution in [0.2, 0.25) is 0 Å². The van der Waals surface area contributed by atoms with E-state index in [1.165, 1.54) is 24.7 Å². The predicted octanol–water partition coefficient (Wildman–Crippen LogP) is 4.54. The first-order valence-electron chi connectivity index (χ1n) is 13.0. The van der Waals surface area contributed by atoms with Crippen molar-refractivity contribution in [3.63, 3.8) is 0 Å². The van der Waals surface area contributed by atoms with E-state index in [-0.39, 0.29) is 11.8 Å². The molecule has 2 amide bonds. The first kappa shape index (κ1) is 23.5. The minimum Gasteiger partial charge on any atom is -0.383 e. The minimum atomic E-state index is -0.205. The highest BCUT2D eigenvalue weighted by atomic mass is 16.2. The van der Waals surface area contributed by atoms with Crippen molar-refractivity contribution in [2.24, 2.45) is 18.9 Å². The summed E-state index contributed by atoms with van der Waals surface area (Å²) in [6.45, 7) is 6.30. The van der Waals surface area contributed by atoms with Gasteiger partial charge in [0.1, 0.15) is 17.8 Å². The van der Waals surface area contributed by atoms with Crippen LogP contribution in [0.25, 0.3) is 27.9 Å². The number of piperidine rings is 1. The number of hydrogen-bond donors (Lipinski definition) is 2. The molecule has 0 spiro atoms. The molecule has 3 heterocycles. The summed E-state index contributed by atoms with van der Waals surface area (Å²) < 4.78 is 2.06. The summed E-state index contributed by atoms with van der Waals surface area (Å²) in [5, 5.41) is 3.70. The molecule has 8 heteroatoms. The predicted molar refractivity (Wildman–Crippen MR) is 145 cm³/mol. The molecule has 3 aromatic rings. The summed E-state index contributed by atoms with van der Waals surface area (Å²) in [5.41, 5.74) is 12.5. The molecule has 1 saturated heterocycles. The van der Waals surface area contributed by atoms with Crippen LogP contribution in [0.5, 0.6) is 0 Å². The largest absolute Gasteiger partial charge is 0.383 e. The van der Waals surface area contributed by atoms with Gasteiger partial charge in [-0.25, -0.2) is 9.97 Å². The number of nitrogens with two attached hydrogens (primary N) is 1. The van der Waals surface area contributed by atoms with E-state index in [2.05, 4.69) is 37.4 Å². The van der Waals surface area contributed by atoms with E-state index >= 15 is 0 Å². The van der Waals surface area contributed by atoms with Gasteiger partial charge >= 0.3 is 0 Å². The monoisotopic (exact) mass is 496 g/mol. The summed E-state index contributed by atoms with van der Waals surface area (Å²) in [6.07, 6.45) is 8.43. The maximum Gasteiger partial charge on any atom is 0.250 e. The molecule has 2 aromatic heterocycles. The van der Waals surface area contributed by atoms with Gasteiger partial charge in [0.05, 0.1) is 11.1 Å². The number of carbonyl (C=O) groups is 2. The fraction of sp³-hybridized carbons (Fsp3) is 0.379. The Kier molecular flexibility index (Phi) is 5.62. The van der Waals surface area contributed by atoms with Crippen molar-refractivity contribution in [3.05, 3.63) is 54.4 Å². The molecule has 3 N–H and O–H groups in total. The second-order valence-corrected chi connectivity index (χ2v) is 10.6. The number of aryl methyl sites for hydroxylation is 1. The van der Waals surface area contributed by atoms with Crippen molar-refractivity contribution in [1.82, 2.24) is 19.4 Å². The minimum absolute atomic E-state index is 0.0475. The molecular formula is C29H32N6O2. The summed E-state index contributed by atoms with van der Waals surface area (Å²) in [6, 6.07) is 8.26. The molecule has 2 aliphatic carbocycles. The van der Waals surface area contributed by atoms with Gasteiger partial charge < -0.3 is 20.5 Å². The van der Waals surface area contributed by atoms with Crippen LogP contribution >= 0.6 is 0 Å². The SMILES string of the molecule is C=C(C)C(=O)Nc1ccc(-c2c(C3=CC[C@H](C(=O)N4CC[C@@H]5C[C@@H]54)CC3)c3c(N)ncnc3n2C)cc1. The molecule has 0 unspecified atom stereocenters. The third-order valence-electron chi connectivity index (χ3n) is 8.19. The smallest absolute Gasteiger partial charge is 0.250 e. The van der Waals surface area contributed by atoms with E-state index in [0.29, 0.717) is 29.0 Å². The average Bonchev–Trinajstić information content (AvgIpc) is 3.45. The summed E-state index contributed by atoms with van der Waals surface area (Å²) in [4.78, 5) is 36.2. The number of benzene rings is 1. The fourth-order valence-electron chi connectivity index (χ4n) is 6.06. The summed E-state index contributed by atoms with van der Waals surface area (Å²) >= 11 is 0. The van der Waals surface area contributed by atoms with Crippen molar-refractivity contribution in [2.75, 3.05) is 17.6 Å². The number of fused-ring (bicyclic) bond motifs is 2. The molecule has 1 saturated carbocycles. The summed E-state index contributed by atoms with van der Waals surface area (Å²) in [7, 11) is 1.99. The van der Waals surface area contributed by atoms with Crippen molar-refractivity contribution in [1.29, 1.82) is 0 Å². The van der Waals surface area contributed by atoms with Crippen LogP contribution in [0.3, 0.4) is 0 Å². The zero-order valence-electron chi connectivity index (χ0n) is 21.3. The lowest BCUT2D eigenvalue weighted by Crippen LogP contribution is -2.36. The Balaban J connectivity index is 1.35. The number of hydrogen-bond acceptors (Lipinski definition) is 5. The van der Waals surface area contributed by atoms with E-state index in [9.17, 15) is 9.59 Å². The Bertz CT molecular complexity index is 1470. The molecule has 1 aromatic carbocycles. The molecular weight excluding hydrogens is 464 g/mol. The number of carbonyl (C=O) groups excluding carboxylic acids is 2. The van der Waals surface area contributed by atoms with Gasteiger partial charge in [0, 0.05) is 42.4 Å². The van der Waals surface area contributed by atoms with Gasteiger partial charge in [-0.05, 0) is 68.2 Å². The standard InChI is InChI=1S/C29H32N6O2/c1-16(2)28(36)33-21-10-8-18(9-11-21)25-23(24-26(30)31-15-32-27(24)34(25)3)17-4-6-19(7-5-17)29(37)35-13-12-20-14-22(20)35/h4,8-11,15,19-20,22H,1,5-7,12-14H2,2-3H3,(H,33,36)(H2,30,31,32)/t19-,20+,22-/m0/s1. The van der Waals surface area contributed by atoms with Gasteiger partial charge in [0.15, 0.2) is 0 Å². The van der Waals surface area contributed by atoms with E-state index in [0.717, 1.165) is 59.6 Å². The maximum atomic E-state index is 13.2. The number of nitrogens with one attached hydrogen (secondary N) is 1. The first-order valence-corrected chi connectivity index (χ1v) is 13.0. The Hall–Kier alpha value is -3.94. The molecule has 37 heavy (non-hydrogen) atoms. The normalized spacial score (nSPS) is 22.5. The number of amides is 2. The highest BCUT2D eigenvalue weighted by molar-refractivity contribution is 6.05. The van der Waals surface area contributed by atoms with E-state index in [1.807, 2.05) is 31.3 Å². The lowest BCUT2D eigenvalue weighted by atomic mass is 9.84. The van der Waals surface area contributed by atoms with E-state index < -0.39 is 0 Å². The highest BCUT2D eigenvalue weighted by Crippen LogP contribution is 2.47. The van der Waals surface area contributed by atoms with Crippen LogP contribution in [-0.4, -0.2) is 43.8 Å². The van der Waals surface area contributed by atoms with Crippen LogP contribution in [0, 0.1) is 11.8 Å². The van der Waals surface area contributed by atoms with Crippen LogP contribution in [0.1, 0.15) is 44.6 Å². The van der Waals surface area contributed by atoms with Crippen LogP contribution in [0.15, 0.2) is 48.8 Å². The Labute approximate surface area is 216 Å². The first-order chi connectivity index (χ1) is 17.8. The molecule has 1 aliphatic heterocycles. The Morgan fingerprint density at radius 1 is 1.16 bits per heavy atom. The molecule has 3 atom stereocenters. The van der Waals surface area contributed by atoms with Gasteiger partial charge in [-0.15, -0.1) is 0 Å². The van der Waals surface area contributed by atoms with Crippen LogP contribution in [0.4, 0.5) is 11.5 Å². The van der Waals surface area contributed by atoms with Gasteiger partial charge in [-0.3, -0.25) is 9.59 Å². The molecule has 190 valence electrons. The second kappa shape index (κ2) is 8.87. The number of nitrogen functional groups attached to an aromatic ring is 1. The maximum absolute atomic E-state index is 13.2. The quantitative estimate of drug-likeness (QED) is 0.505. The fourth-order valence-corrected chi connectivity index (χ4v) is 6.06. The van der Waals surface area contributed by atoms with Gasteiger partial charge in [0.2, 0.25) is 5.91 Å². The van der Waals surface area contributed by atoms with E-state index in [1.54, 1.807) is 6.92 Å². The zero-order chi connectivity index (χ0) is 25.8. The molecule has 2 fully saturated rings. The van der Waals surface area contributed by atoms with Gasteiger partial charge in [-0.2, -0.15) is 0 Å². The highest BCUT2D eigenvalue weighted by Gasteiger charge is 2.49. The summed E-state index contributed by atoms with van der Waals surface area (Å²) in [5.74, 6) is 1.37. The molecule has 8 nitrogen and oxygen atoms in total. The van der Waals surface area contributed by atoms with Crippen molar-refractivity contribution < 1.29 is 9.59 Å².